The molecule has 0 fully saturated rings. The molecule has 0 aliphatic carbocycles. The topological polar surface area (TPSA) is 66.4 Å². The number of hydrogen-bond donors (Lipinski definition) is 2. The predicted molar refractivity (Wildman–Crippen MR) is 76.2 cm³/mol. The first-order valence-electron chi connectivity index (χ1n) is 6.82. The van der Waals surface area contributed by atoms with Gasteiger partial charge in [0, 0.05) is 11.6 Å². The number of benzene rings is 1. The van der Waals surface area contributed by atoms with Gasteiger partial charge in [-0.2, -0.15) is 0 Å². The van der Waals surface area contributed by atoms with Crippen molar-refractivity contribution in [2.24, 2.45) is 0 Å². The molecule has 6 heteroatoms. The number of aliphatic hydroxyl groups is 1. The summed E-state index contributed by atoms with van der Waals surface area (Å²) in [6.45, 7) is 3.37. The summed E-state index contributed by atoms with van der Waals surface area (Å²) in [7, 11) is -3.67. The van der Waals surface area contributed by atoms with Gasteiger partial charge in [-0.05, 0) is 31.5 Å². The van der Waals surface area contributed by atoms with Gasteiger partial charge in [-0.15, -0.1) is 0 Å². The molecule has 1 unspecified atom stereocenters. The molecule has 1 aromatic carbocycles. The van der Waals surface area contributed by atoms with E-state index in [1.807, 2.05) is 6.92 Å². The van der Waals surface area contributed by atoms with Crippen LogP contribution in [0.5, 0.6) is 0 Å². The molecule has 1 atom stereocenters. The summed E-state index contributed by atoms with van der Waals surface area (Å²) in [4.78, 5) is -0.0229. The van der Waals surface area contributed by atoms with Gasteiger partial charge in [-0.1, -0.05) is 26.2 Å². The fourth-order valence-corrected chi connectivity index (χ4v) is 3.26. The molecule has 0 amide bonds. The van der Waals surface area contributed by atoms with E-state index in [9.17, 15) is 12.8 Å². The minimum atomic E-state index is -3.67. The lowest BCUT2D eigenvalue weighted by Crippen LogP contribution is -2.32. The van der Waals surface area contributed by atoms with Crippen LogP contribution in [0.3, 0.4) is 0 Å². The summed E-state index contributed by atoms with van der Waals surface area (Å²) in [5.74, 6) is -0.609. The van der Waals surface area contributed by atoms with Gasteiger partial charge in [-0.3, -0.25) is 0 Å². The Morgan fingerprint density at radius 1 is 1.35 bits per heavy atom. The lowest BCUT2D eigenvalue weighted by molar-refractivity contribution is 0.275. The maximum Gasteiger partial charge on any atom is 0.240 e. The predicted octanol–water partition coefficient (Wildman–Crippen LogP) is 2.57. The molecule has 0 saturated heterocycles. The van der Waals surface area contributed by atoms with Gasteiger partial charge in [0.05, 0.1) is 11.5 Å². The van der Waals surface area contributed by atoms with E-state index in [4.69, 9.17) is 5.11 Å². The number of nitrogens with one attached hydrogen (secondary N) is 1. The van der Waals surface area contributed by atoms with E-state index in [-0.39, 0.29) is 16.5 Å². The van der Waals surface area contributed by atoms with Crippen LogP contribution in [0.4, 0.5) is 4.39 Å². The number of halogens is 1. The number of rotatable bonds is 8. The maximum atomic E-state index is 13.3. The second-order valence-corrected chi connectivity index (χ2v) is 6.64. The normalized spacial score (nSPS) is 13.4. The molecule has 1 aromatic rings. The largest absolute Gasteiger partial charge is 0.392 e. The molecule has 0 bridgehead atoms. The Labute approximate surface area is 120 Å². The van der Waals surface area contributed by atoms with E-state index in [1.54, 1.807) is 0 Å². The minimum Gasteiger partial charge on any atom is -0.392 e. The second kappa shape index (κ2) is 7.71. The quantitative estimate of drug-likeness (QED) is 0.725. The molecule has 0 saturated carbocycles. The van der Waals surface area contributed by atoms with Crippen LogP contribution in [0.15, 0.2) is 23.1 Å². The van der Waals surface area contributed by atoms with E-state index in [0.29, 0.717) is 0 Å². The van der Waals surface area contributed by atoms with Gasteiger partial charge in [0.1, 0.15) is 5.82 Å². The van der Waals surface area contributed by atoms with Crippen molar-refractivity contribution in [1.82, 2.24) is 4.72 Å². The molecular weight excluding hydrogens is 281 g/mol. The standard InChI is InChI=1S/C14H22FNO3S/c1-3-4-5-6-11(2)16-20(18,19)13-7-8-14(15)12(9-13)10-17/h7-9,11,16-17H,3-6,10H2,1-2H3. The zero-order valence-electron chi connectivity index (χ0n) is 11.9. The van der Waals surface area contributed by atoms with Crippen molar-refractivity contribution < 1.29 is 17.9 Å². The zero-order valence-corrected chi connectivity index (χ0v) is 12.7. The molecule has 114 valence electrons. The van der Waals surface area contributed by atoms with Crippen LogP contribution in [0.25, 0.3) is 0 Å². The molecule has 0 aliphatic rings. The Hall–Kier alpha value is -0.980. The fourth-order valence-electron chi connectivity index (χ4n) is 1.93. The Kier molecular flexibility index (Phi) is 6.58. The van der Waals surface area contributed by atoms with Gasteiger partial charge in [0.2, 0.25) is 10.0 Å². The molecule has 20 heavy (non-hydrogen) atoms. The monoisotopic (exact) mass is 303 g/mol. The Morgan fingerprint density at radius 3 is 2.65 bits per heavy atom. The Morgan fingerprint density at radius 2 is 2.05 bits per heavy atom. The minimum absolute atomic E-state index is 0.0217. The molecular formula is C14H22FNO3S. The van der Waals surface area contributed by atoms with Gasteiger partial charge in [0.25, 0.3) is 0 Å². The SMILES string of the molecule is CCCCCC(C)NS(=O)(=O)c1ccc(F)c(CO)c1. The highest BCUT2D eigenvalue weighted by molar-refractivity contribution is 7.89. The zero-order chi connectivity index (χ0) is 15.2. The lowest BCUT2D eigenvalue weighted by Gasteiger charge is -2.14. The van der Waals surface area contributed by atoms with Gasteiger partial charge in [0.15, 0.2) is 0 Å². The third-order valence-corrected chi connectivity index (χ3v) is 4.68. The summed E-state index contributed by atoms with van der Waals surface area (Å²) in [6.07, 6.45) is 3.88. The fraction of sp³-hybridized carbons (Fsp3) is 0.571. The highest BCUT2D eigenvalue weighted by Crippen LogP contribution is 2.16. The first-order chi connectivity index (χ1) is 9.40. The lowest BCUT2D eigenvalue weighted by atomic mass is 10.1. The van der Waals surface area contributed by atoms with Crippen molar-refractivity contribution in [3.8, 4) is 0 Å². The van der Waals surface area contributed by atoms with Crippen molar-refractivity contribution in [3.05, 3.63) is 29.6 Å². The molecule has 4 nitrogen and oxygen atoms in total. The first kappa shape index (κ1) is 17.1. The van der Waals surface area contributed by atoms with Crippen LogP contribution >= 0.6 is 0 Å². The van der Waals surface area contributed by atoms with Crippen molar-refractivity contribution in [2.45, 2.75) is 57.1 Å². The van der Waals surface area contributed by atoms with Crippen LogP contribution < -0.4 is 4.72 Å². The summed E-state index contributed by atoms with van der Waals surface area (Å²) < 4.78 is 40.1. The number of hydrogen-bond acceptors (Lipinski definition) is 3. The average Bonchev–Trinajstić information content (AvgIpc) is 2.38. The molecule has 2 N–H and O–H groups in total. The summed E-state index contributed by atoms with van der Waals surface area (Å²) in [5.41, 5.74) is -0.0217. The molecule has 0 aliphatic heterocycles. The van der Waals surface area contributed by atoms with Crippen LogP contribution in [-0.4, -0.2) is 19.6 Å². The number of sulfonamides is 1. The third-order valence-electron chi connectivity index (χ3n) is 3.09. The van der Waals surface area contributed by atoms with Gasteiger partial charge in [-0.25, -0.2) is 17.5 Å². The smallest absolute Gasteiger partial charge is 0.240 e. The molecule has 0 radical (unpaired) electrons. The van der Waals surface area contributed by atoms with Crippen molar-refractivity contribution in [1.29, 1.82) is 0 Å². The maximum absolute atomic E-state index is 13.3. The molecule has 1 rings (SSSR count). The first-order valence-corrected chi connectivity index (χ1v) is 8.30. The highest BCUT2D eigenvalue weighted by Gasteiger charge is 2.18. The van der Waals surface area contributed by atoms with Crippen molar-refractivity contribution in [2.75, 3.05) is 0 Å². The molecule has 0 heterocycles. The van der Waals surface area contributed by atoms with Crippen molar-refractivity contribution >= 4 is 10.0 Å². The molecule has 0 spiro atoms. The van der Waals surface area contributed by atoms with Crippen LogP contribution in [-0.2, 0) is 16.6 Å². The van der Waals surface area contributed by atoms with Gasteiger partial charge >= 0.3 is 0 Å². The van der Waals surface area contributed by atoms with Crippen LogP contribution in [0.2, 0.25) is 0 Å². The third kappa shape index (κ3) is 4.85. The van der Waals surface area contributed by atoms with E-state index < -0.39 is 22.4 Å². The summed E-state index contributed by atoms with van der Waals surface area (Å²) >= 11 is 0. The summed E-state index contributed by atoms with van der Waals surface area (Å²) in [5, 5.41) is 8.98. The number of unbranched alkanes of at least 4 members (excludes halogenated alkanes) is 2. The van der Waals surface area contributed by atoms with Crippen molar-refractivity contribution in [3.63, 3.8) is 0 Å². The Balaban J connectivity index is 2.78. The van der Waals surface area contributed by atoms with Crippen LogP contribution in [0.1, 0.15) is 45.1 Å². The summed E-state index contributed by atoms with van der Waals surface area (Å²) in [6, 6.07) is 3.25. The van der Waals surface area contributed by atoms with E-state index >= 15 is 0 Å². The number of aliphatic hydroxyl groups excluding tert-OH is 1. The van der Waals surface area contributed by atoms with E-state index in [1.165, 1.54) is 6.07 Å². The molecule has 0 aromatic heterocycles. The average molecular weight is 303 g/mol. The van der Waals surface area contributed by atoms with Crippen LogP contribution in [0, 0.1) is 5.82 Å². The van der Waals surface area contributed by atoms with E-state index in [0.717, 1.165) is 37.8 Å². The van der Waals surface area contributed by atoms with Gasteiger partial charge < -0.3 is 5.11 Å². The highest BCUT2D eigenvalue weighted by atomic mass is 32.2. The Bertz CT molecular complexity index is 531. The second-order valence-electron chi connectivity index (χ2n) is 4.93. The van der Waals surface area contributed by atoms with E-state index in [2.05, 4.69) is 11.6 Å².